The number of benzene rings is 1. The second-order valence-electron chi connectivity index (χ2n) is 4.93. The molecule has 0 spiro atoms. The van der Waals surface area contributed by atoms with Gasteiger partial charge in [0.25, 0.3) is 5.91 Å². The van der Waals surface area contributed by atoms with Crippen molar-refractivity contribution in [3.8, 4) is 11.5 Å². The Balaban J connectivity index is 1.62. The predicted molar refractivity (Wildman–Crippen MR) is 75.3 cm³/mol. The Kier molecular flexibility index (Phi) is 2.67. The van der Waals surface area contributed by atoms with Gasteiger partial charge < -0.3 is 14.4 Å². The number of carbonyl (C=O) groups is 1. The average molecular weight is 287 g/mol. The maximum absolute atomic E-state index is 12.4. The molecule has 0 fully saturated rings. The molecule has 0 saturated carbocycles. The van der Waals surface area contributed by atoms with Crippen molar-refractivity contribution in [1.82, 2.24) is 4.90 Å². The van der Waals surface area contributed by atoms with Gasteiger partial charge in [-0.3, -0.25) is 4.79 Å². The number of nitrogens with zero attached hydrogens (tertiary/aromatic N) is 1. The lowest BCUT2D eigenvalue weighted by Crippen LogP contribution is -2.35. The number of thiophene rings is 1. The number of fused-ring (bicyclic) bond motifs is 2. The molecule has 1 aromatic heterocycles. The summed E-state index contributed by atoms with van der Waals surface area (Å²) in [7, 11) is 0. The number of amides is 1. The molecule has 0 unspecified atom stereocenters. The van der Waals surface area contributed by atoms with E-state index in [-0.39, 0.29) is 12.7 Å². The average Bonchev–Trinajstić information content (AvgIpc) is 3.14. The highest BCUT2D eigenvalue weighted by Crippen LogP contribution is 2.37. The molecule has 0 radical (unpaired) electrons. The molecule has 2 aromatic rings. The molecule has 2 aliphatic heterocycles. The molecule has 1 amide bonds. The molecular formula is C15H13NO3S. The molecule has 1 aromatic carbocycles. The molecule has 2 aliphatic rings. The summed E-state index contributed by atoms with van der Waals surface area (Å²) in [5, 5.41) is 1.93. The molecule has 0 saturated heterocycles. The van der Waals surface area contributed by atoms with Crippen LogP contribution < -0.4 is 9.47 Å². The molecule has 4 nitrogen and oxygen atoms in total. The van der Waals surface area contributed by atoms with Gasteiger partial charge in [-0.25, -0.2) is 0 Å². The standard InChI is InChI=1S/C15H13NO3S/c17-15(14-2-1-5-20-14)16-4-3-10-6-12-13(19-9-18-12)7-11(10)8-16/h1-2,5-7H,3-4,8-9H2. The van der Waals surface area contributed by atoms with Crippen molar-refractivity contribution in [2.75, 3.05) is 13.3 Å². The van der Waals surface area contributed by atoms with Gasteiger partial charge in [0.2, 0.25) is 6.79 Å². The zero-order chi connectivity index (χ0) is 13.5. The van der Waals surface area contributed by atoms with Crippen molar-refractivity contribution < 1.29 is 14.3 Å². The summed E-state index contributed by atoms with van der Waals surface area (Å²) in [6.07, 6.45) is 0.864. The van der Waals surface area contributed by atoms with E-state index in [0.717, 1.165) is 34.9 Å². The zero-order valence-corrected chi connectivity index (χ0v) is 11.6. The summed E-state index contributed by atoms with van der Waals surface area (Å²) in [5.74, 6) is 1.72. The van der Waals surface area contributed by atoms with E-state index in [9.17, 15) is 4.79 Å². The van der Waals surface area contributed by atoms with E-state index < -0.39 is 0 Å². The fraction of sp³-hybridized carbons (Fsp3) is 0.267. The maximum atomic E-state index is 12.4. The summed E-state index contributed by atoms with van der Waals surface area (Å²) in [6, 6.07) is 7.84. The van der Waals surface area contributed by atoms with E-state index in [2.05, 4.69) is 0 Å². The van der Waals surface area contributed by atoms with Crippen molar-refractivity contribution >= 4 is 17.2 Å². The summed E-state index contributed by atoms with van der Waals surface area (Å²) in [6.45, 7) is 1.68. The molecule has 4 rings (SSSR count). The fourth-order valence-electron chi connectivity index (χ4n) is 2.68. The third-order valence-electron chi connectivity index (χ3n) is 3.73. The van der Waals surface area contributed by atoms with Crippen molar-refractivity contribution in [3.63, 3.8) is 0 Å². The van der Waals surface area contributed by atoms with E-state index in [1.807, 2.05) is 34.5 Å². The van der Waals surface area contributed by atoms with E-state index >= 15 is 0 Å². The molecule has 3 heterocycles. The van der Waals surface area contributed by atoms with Gasteiger partial charge in [0.1, 0.15) is 0 Å². The van der Waals surface area contributed by atoms with Crippen molar-refractivity contribution in [2.45, 2.75) is 13.0 Å². The van der Waals surface area contributed by atoms with Crippen LogP contribution in [0, 0.1) is 0 Å². The minimum Gasteiger partial charge on any atom is -0.454 e. The van der Waals surface area contributed by atoms with Gasteiger partial charge >= 0.3 is 0 Å². The van der Waals surface area contributed by atoms with Crippen LogP contribution in [-0.2, 0) is 13.0 Å². The Morgan fingerprint density at radius 2 is 2.00 bits per heavy atom. The first-order valence-electron chi connectivity index (χ1n) is 6.55. The van der Waals surface area contributed by atoms with E-state index in [1.165, 1.54) is 16.9 Å². The second-order valence-corrected chi connectivity index (χ2v) is 5.88. The zero-order valence-electron chi connectivity index (χ0n) is 10.8. The Morgan fingerprint density at radius 3 is 2.75 bits per heavy atom. The SMILES string of the molecule is O=C(c1cccs1)N1CCc2cc3c(cc2C1)OCO3. The van der Waals surface area contributed by atoms with E-state index in [4.69, 9.17) is 9.47 Å². The second kappa shape index (κ2) is 4.52. The first-order valence-corrected chi connectivity index (χ1v) is 7.43. The van der Waals surface area contributed by atoms with Gasteiger partial charge in [0.15, 0.2) is 11.5 Å². The Morgan fingerprint density at radius 1 is 1.20 bits per heavy atom. The van der Waals surface area contributed by atoms with Crippen LogP contribution >= 0.6 is 11.3 Å². The van der Waals surface area contributed by atoms with Gasteiger partial charge in [-0.05, 0) is 41.1 Å². The summed E-state index contributed by atoms with van der Waals surface area (Å²) in [5.41, 5.74) is 2.41. The van der Waals surface area contributed by atoms with Crippen molar-refractivity contribution in [2.24, 2.45) is 0 Å². The van der Waals surface area contributed by atoms with Gasteiger partial charge in [0.05, 0.1) is 4.88 Å². The topological polar surface area (TPSA) is 38.8 Å². The lowest BCUT2D eigenvalue weighted by Gasteiger charge is -2.28. The Bertz CT molecular complexity index is 666. The first kappa shape index (κ1) is 11.8. The largest absolute Gasteiger partial charge is 0.454 e. The highest BCUT2D eigenvalue weighted by Gasteiger charge is 2.25. The third kappa shape index (κ3) is 1.86. The molecule has 0 N–H and O–H groups in total. The summed E-state index contributed by atoms with van der Waals surface area (Å²) in [4.78, 5) is 15.1. The van der Waals surface area contributed by atoms with E-state index in [1.54, 1.807) is 0 Å². The Labute approximate surface area is 120 Å². The number of ether oxygens (including phenoxy) is 2. The number of rotatable bonds is 1. The minimum absolute atomic E-state index is 0.114. The summed E-state index contributed by atoms with van der Waals surface area (Å²) >= 11 is 1.49. The molecule has 5 heteroatoms. The molecule has 20 heavy (non-hydrogen) atoms. The van der Waals surface area contributed by atoms with Crippen LogP contribution in [0.15, 0.2) is 29.6 Å². The third-order valence-corrected chi connectivity index (χ3v) is 4.58. The lowest BCUT2D eigenvalue weighted by molar-refractivity contribution is 0.0739. The monoisotopic (exact) mass is 287 g/mol. The smallest absolute Gasteiger partial charge is 0.264 e. The highest BCUT2D eigenvalue weighted by atomic mass is 32.1. The predicted octanol–water partition coefficient (Wildman–Crippen LogP) is 2.68. The quantitative estimate of drug-likeness (QED) is 0.809. The fourth-order valence-corrected chi connectivity index (χ4v) is 3.37. The normalized spacial score (nSPS) is 16.1. The maximum Gasteiger partial charge on any atom is 0.264 e. The van der Waals surface area contributed by atoms with E-state index in [0.29, 0.717) is 6.54 Å². The van der Waals surface area contributed by atoms with Gasteiger partial charge in [0, 0.05) is 13.1 Å². The van der Waals surface area contributed by atoms with Crippen LogP contribution in [0.2, 0.25) is 0 Å². The molecule has 0 atom stereocenters. The molecule has 0 bridgehead atoms. The summed E-state index contributed by atoms with van der Waals surface area (Å²) < 4.78 is 10.8. The van der Waals surface area contributed by atoms with Crippen LogP contribution in [0.25, 0.3) is 0 Å². The first-order chi connectivity index (χ1) is 9.81. The number of hydrogen-bond donors (Lipinski definition) is 0. The van der Waals surface area contributed by atoms with Crippen LogP contribution in [0.3, 0.4) is 0 Å². The van der Waals surface area contributed by atoms with Gasteiger partial charge in [-0.1, -0.05) is 6.07 Å². The molecule has 0 aliphatic carbocycles. The van der Waals surface area contributed by atoms with Gasteiger partial charge in [-0.2, -0.15) is 0 Å². The number of hydrogen-bond acceptors (Lipinski definition) is 4. The highest BCUT2D eigenvalue weighted by molar-refractivity contribution is 7.12. The van der Waals surface area contributed by atoms with Gasteiger partial charge in [-0.15, -0.1) is 11.3 Å². The lowest BCUT2D eigenvalue weighted by atomic mass is 9.99. The number of carbonyl (C=O) groups excluding carboxylic acids is 1. The van der Waals surface area contributed by atoms with Crippen LogP contribution in [0.5, 0.6) is 11.5 Å². The molecular weight excluding hydrogens is 274 g/mol. The van der Waals surface area contributed by atoms with Crippen molar-refractivity contribution in [1.29, 1.82) is 0 Å². The van der Waals surface area contributed by atoms with Crippen molar-refractivity contribution in [3.05, 3.63) is 45.6 Å². The van der Waals surface area contributed by atoms with Crippen LogP contribution in [0.1, 0.15) is 20.8 Å². The Hall–Kier alpha value is -2.01. The van der Waals surface area contributed by atoms with Crippen LogP contribution in [0.4, 0.5) is 0 Å². The van der Waals surface area contributed by atoms with Crippen LogP contribution in [-0.4, -0.2) is 24.1 Å². The minimum atomic E-state index is 0.114. The molecule has 102 valence electrons.